The fourth-order valence-electron chi connectivity index (χ4n) is 4.06. The molecule has 35 heavy (non-hydrogen) atoms. The number of hydrogen-bond acceptors (Lipinski definition) is 4. The normalized spacial score (nSPS) is 14.7. The van der Waals surface area contributed by atoms with Gasteiger partial charge in [-0.2, -0.15) is 0 Å². The van der Waals surface area contributed by atoms with Gasteiger partial charge in [0.1, 0.15) is 24.1 Å². The van der Waals surface area contributed by atoms with Crippen molar-refractivity contribution < 1.29 is 37.3 Å². The van der Waals surface area contributed by atoms with E-state index in [1.54, 1.807) is 12.1 Å². The molecule has 4 rings (SSSR count). The number of aliphatic carboxylic acids is 1. The van der Waals surface area contributed by atoms with E-state index in [4.69, 9.17) is 4.74 Å². The molecule has 9 heteroatoms. The first-order chi connectivity index (χ1) is 16.6. The van der Waals surface area contributed by atoms with Crippen LogP contribution in [0.3, 0.4) is 0 Å². The van der Waals surface area contributed by atoms with E-state index in [0.717, 1.165) is 30.2 Å². The van der Waals surface area contributed by atoms with Gasteiger partial charge in [0, 0.05) is 5.39 Å². The lowest BCUT2D eigenvalue weighted by atomic mass is 9.79. The number of rotatable bonds is 8. The number of hydrogen-bond donors (Lipinski definition) is 2. The Morgan fingerprint density at radius 1 is 1.09 bits per heavy atom. The van der Waals surface area contributed by atoms with Crippen LogP contribution < -0.4 is 14.8 Å². The number of alkyl halides is 3. The van der Waals surface area contributed by atoms with Gasteiger partial charge in [0.2, 0.25) is 0 Å². The number of halogens is 3. The van der Waals surface area contributed by atoms with Gasteiger partial charge in [-0.3, -0.25) is 4.79 Å². The summed E-state index contributed by atoms with van der Waals surface area (Å²) in [4.78, 5) is 24.9. The van der Waals surface area contributed by atoms with Crippen LogP contribution in [0.4, 0.5) is 13.2 Å². The zero-order chi connectivity index (χ0) is 25.2. The van der Waals surface area contributed by atoms with E-state index in [2.05, 4.69) is 10.1 Å². The molecule has 0 spiro atoms. The van der Waals surface area contributed by atoms with Crippen LogP contribution in [0.5, 0.6) is 11.5 Å². The molecule has 1 atom stereocenters. The van der Waals surface area contributed by atoms with Crippen molar-refractivity contribution in [2.75, 3.05) is 0 Å². The fourth-order valence-corrected chi connectivity index (χ4v) is 4.06. The van der Waals surface area contributed by atoms with Crippen LogP contribution in [0.1, 0.15) is 40.7 Å². The molecule has 1 amide bonds. The zero-order valence-electron chi connectivity index (χ0n) is 18.9. The molecule has 0 aliphatic heterocycles. The van der Waals surface area contributed by atoms with Gasteiger partial charge in [-0.25, -0.2) is 4.79 Å². The average Bonchev–Trinajstić information content (AvgIpc) is 2.75. The first-order valence-corrected chi connectivity index (χ1v) is 11.2. The van der Waals surface area contributed by atoms with Crippen molar-refractivity contribution in [1.29, 1.82) is 0 Å². The van der Waals surface area contributed by atoms with Gasteiger partial charge in [-0.05, 0) is 60.9 Å². The molecule has 2 N–H and O–H groups in total. The summed E-state index contributed by atoms with van der Waals surface area (Å²) < 4.78 is 47.1. The van der Waals surface area contributed by atoms with Crippen molar-refractivity contribution >= 4 is 22.6 Å². The third kappa shape index (κ3) is 5.85. The topological polar surface area (TPSA) is 84.9 Å². The van der Waals surface area contributed by atoms with Gasteiger partial charge in [-0.15, -0.1) is 13.2 Å². The van der Waals surface area contributed by atoms with Gasteiger partial charge in [0.05, 0.1) is 5.56 Å². The Morgan fingerprint density at radius 3 is 2.37 bits per heavy atom. The minimum Gasteiger partial charge on any atom is -0.487 e. The summed E-state index contributed by atoms with van der Waals surface area (Å²) in [6.45, 7) is 1.87. The Labute approximate surface area is 199 Å². The number of carbonyl (C=O) groups excluding carboxylic acids is 1. The zero-order valence-corrected chi connectivity index (χ0v) is 18.9. The van der Waals surface area contributed by atoms with Gasteiger partial charge < -0.3 is 19.9 Å². The molecule has 1 unspecified atom stereocenters. The molecule has 0 heterocycles. The van der Waals surface area contributed by atoms with Crippen LogP contribution in [0.25, 0.3) is 10.8 Å². The van der Waals surface area contributed by atoms with E-state index in [-0.39, 0.29) is 29.6 Å². The molecule has 3 aromatic carbocycles. The smallest absolute Gasteiger partial charge is 0.487 e. The van der Waals surface area contributed by atoms with E-state index in [0.29, 0.717) is 10.9 Å². The summed E-state index contributed by atoms with van der Waals surface area (Å²) in [6, 6.07) is 13.3. The lowest BCUT2D eigenvalue weighted by Gasteiger charge is -2.31. The van der Waals surface area contributed by atoms with Crippen LogP contribution in [-0.2, 0) is 11.4 Å². The summed E-state index contributed by atoms with van der Waals surface area (Å²) in [7, 11) is 0. The van der Waals surface area contributed by atoms with Gasteiger partial charge >= 0.3 is 12.3 Å². The van der Waals surface area contributed by atoms with E-state index < -0.39 is 24.3 Å². The number of carboxylic acid groups (broad SMARTS) is 1. The summed E-state index contributed by atoms with van der Waals surface area (Å²) in [6.07, 6.45) is -2.37. The second-order valence-electron chi connectivity index (χ2n) is 8.63. The highest BCUT2D eigenvalue weighted by Gasteiger charge is 2.34. The minimum atomic E-state index is -4.78. The number of amides is 1. The summed E-state index contributed by atoms with van der Waals surface area (Å²) in [5.74, 6) is -1.82. The molecule has 1 aliphatic rings. The Kier molecular flexibility index (Phi) is 6.86. The highest BCUT2D eigenvalue weighted by atomic mass is 19.4. The maximum Gasteiger partial charge on any atom is 0.573 e. The number of benzene rings is 3. The molecule has 184 valence electrons. The average molecular weight is 487 g/mol. The van der Waals surface area contributed by atoms with Crippen LogP contribution in [-0.4, -0.2) is 29.4 Å². The summed E-state index contributed by atoms with van der Waals surface area (Å²) in [5.41, 5.74) is 1.69. The fraction of sp³-hybridized carbons (Fsp3) is 0.308. The molecule has 3 aromatic rings. The summed E-state index contributed by atoms with van der Waals surface area (Å²) >= 11 is 0. The molecule has 0 aromatic heterocycles. The largest absolute Gasteiger partial charge is 0.573 e. The molecular weight excluding hydrogens is 463 g/mol. The predicted molar refractivity (Wildman–Crippen MR) is 122 cm³/mol. The molecule has 1 aliphatic carbocycles. The van der Waals surface area contributed by atoms with E-state index >= 15 is 0 Å². The number of carboxylic acids is 1. The number of fused-ring (bicyclic) bond motifs is 1. The third-order valence-corrected chi connectivity index (χ3v) is 6.09. The SMILES string of the molecule is Cc1ccc2ccc(C(=O)NC(C(=O)O)C3CCC3)c(OCc3ccc(OC(F)(F)F)cc3)c2c1. The molecule has 0 bridgehead atoms. The first kappa shape index (κ1) is 24.4. The molecule has 0 radical (unpaired) electrons. The van der Waals surface area contributed by atoms with Crippen molar-refractivity contribution in [2.24, 2.45) is 5.92 Å². The third-order valence-electron chi connectivity index (χ3n) is 6.09. The van der Waals surface area contributed by atoms with E-state index in [1.165, 1.54) is 24.3 Å². The monoisotopic (exact) mass is 487 g/mol. The van der Waals surface area contributed by atoms with Crippen molar-refractivity contribution in [1.82, 2.24) is 5.32 Å². The maximum absolute atomic E-state index is 13.2. The van der Waals surface area contributed by atoms with Crippen LogP contribution >= 0.6 is 0 Å². The Bertz CT molecular complexity index is 1240. The standard InChI is InChI=1S/C26H24F3NO5/c1-15-5-8-17-9-12-20(24(31)30-22(25(32)33)18-3-2-4-18)23(21(17)13-15)34-14-16-6-10-19(11-7-16)35-26(27,28)29/h5-13,18,22H,2-4,14H2,1H3,(H,30,31)(H,32,33). The van der Waals surface area contributed by atoms with Crippen molar-refractivity contribution in [3.63, 3.8) is 0 Å². The van der Waals surface area contributed by atoms with Gasteiger partial charge in [0.15, 0.2) is 0 Å². The number of carbonyl (C=O) groups is 2. The van der Waals surface area contributed by atoms with Crippen molar-refractivity contribution in [2.45, 2.75) is 45.2 Å². The van der Waals surface area contributed by atoms with Gasteiger partial charge in [-0.1, -0.05) is 42.3 Å². The number of ether oxygens (including phenoxy) is 2. The molecular formula is C26H24F3NO5. The lowest BCUT2D eigenvalue weighted by molar-refractivity contribution is -0.274. The van der Waals surface area contributed by atoms with E-state index in [1.807, 2.05) is 25.1 Å². The maximum atomic E-state index is 13.2. The highest BCUT2D eigenvalue weighted by Crippen LogP contribution is 2.34. The quantitative estimate of drug-likeness (QED) is 0.432. The second kappa shape index (κ2) is 9.85. The lowest BCUT2D eigenvalue weighted by Crippen LogP contribution is -2.48. The Hall–Kier alpha value is -3.75. The molecule has 0 saturated heterocycles. The summed E-state index contributed by atoms with van der Waals surface area (Å²) in [5, 5.41) is 13.7. The number of nitrogens with one attached hydrogen (secondary N) is 1. The first-order valence-electron chi connectivity index (χ1n) is 11.2. The van der Waals surface area contributed by atoms with Crippen molar-refractivity contribution in [3.8, 4) is 11.5 Å². The van der Waals surface area contributed by atoms with Crippen LogP contribution in [0.2, 0.25) is 0 Å². The molecule has 6 nitrogen and oxygen atoms in total. The van der Waals surface area contributed by atoms with Crippen LogP contribution in [0.15, 0.2) is 54.6 Å². The molecule has 1 saturated carbocycles. The Balaban J connectivity index is 1.61. The predicted octanol–water partition coefficient (Wildman–Crippen LogP) is 5.61. The second-order valence-corrected chi connectivity index (χ2v) is 8.63. The minimum absolute atomic E-state index is 0.0232. The van der Waals surface area contributed by atoms with E-state index in [9.17, 15) is 27.9 Å². The highest BCUT2D eigenvalue weighted by molar-refractivity contribution is 6.05. The molecule has 1 fully saturated rings. The number of aryl methyl sites for hydroxylation is 1. The van der Waals surface area contributed by atoms with Crippen molar-refractivity contribution in [3.05, 3.63) is 71.3 Å². The van der Waals surface area contributed by atoms with Crippen LogP contribution in [0, 0.1) is 12.8 Å². The Morgan fingerprint density at radius 2 is 1.77 bits per heavy atom. The van der Waals surface area contributed by atoms with Gasteiger partial charge in [0.25, 0.3) is 5.91 Å².